The standard InChI is InChI=1S/C23H22ClN3O4/c1-13-7-20(27(2)26-13)22(28)25-12-18-10-17-9-16(11-19(24)21(17)31-18)14-5-4-6-15(8-14)23(29)30-3/h4-9,11,18H,10,12H2,1-3H3,(H,25,28)/t18-/m0/s1. The lowest BCUT2D eigenvalue weighted by atomic mass is 9.99. The monoisotopic (exact) mass is 439 g/mol. The molecule has 3 aromatic rings. The third-order valence-corrected chi connectivity index (χ3v) is 5.48. The van der Waals surface area contributed by atoms with Gasteiger partial charge in [0.2, 0.25) is 0 Å². The lowest BCUT2D eigenvalue weighted by Crippen LogP contribution is -2.35. The molecule has 0 radical (unpaired) electrons. The molecule has 0 aliphatic carbocycles. The minimum Gasteiger partial charge on any atom is -0.486 e. The van der Waals surface area contributed by atoms with Gasteiger partial charge in [0.05, 0.1) is 29.9 Å². The number of carbonyl (C=O) groups excluding carboxylic acids is 2. The molecule has 0 saturated carbocycles. The fourth-order valence-corrected chi connectivity index (χ4v) is 4.02. The third-order valence-electron chi connectivity index (χ3n) is 5.19. The Bertz CT molecular complexity index is 1170. The number of fused-ring (bicyclic) bond motifs is 1. The molecule has 1 aromatic heterocycles. The Morgan fingerprint density at radius 2 is 2.06 bits per heavy atom. The maximum atomic E-state index is 12.4. The van der Waals surface area contributed by atoms with E-state index in [4.69, 9.17) is 21.1 Å². The van der Waals surface area contributed by atoms with Crippen molar-refractivity contribution in [3.8, 4) is 16.9 Å². The number of methoxy groups -OCH3 is 1. The molecular formula is C23H22ClN3O4. The number of ether oxygens (including phenoxy) is 2. The average Bonchev–Trinajstić information content (AvgIpc) is 3.33. The minimum atomic E-state index is -0.392. The van der Waals surface area contributed by atoms with E-state index in [0.29, 0.717) is 35.0 Å². The molecule has 7 nitrogen and oxygen atoms in total. The van der Waals surface area contributed by atoms with E-state index in [-0.39, 0.29) is 12.0 Å². The van der Waals surface area contributed by atoms with Crippen molar-refractivity contribution in [3.63, 3.8) is 0 Å². The fourth-order valence-electron chi connectivity index (χ4n) is 3.73. The van der Waals surface area contributed by atoms with Gasteiger partial charge in [0, 0.05) is 19.0 Å². The molecule has 0 spiro atoms. The summed E-state index contributed by atoms with van der Waals surface area (Å²) in [7, 11) is 3.09. The first kappa shape index (κ1) is 20.9. The quantitative estimate of drug-likeness (QED) is 0.614. The average molecular weight is 440 g/mol. The van der Waals surface area contributed by atoms with Crippen LogP contribution in [0.15, 0.2) is 42.5 Å². The summed E-state index contributed by atoms with van der Waals surface area (Å²) in [5, 5.41) is 7.59. The number of nitrogens with zero attached hydrogens (tertiary/aromatic N) is 2. The van der Waals surface area contributed by atoms with E-state index < -0.39 is 5.97 Å². The summed E-state index contributed by atoms with van der Waals surface area (Å²) in [5.41, 5.74) is 4.45. The van der Waals surface area contributed by atoms with Crippen LogP contribution >= 0.6 is 11.6 Å². The largest absolute Gasteiger partial charge is 0.486 e. The Labute approximate surface area is 184 Å². The summed E-state index contributed by atoms with van der Waals surface area (Å²) in [5.74, 6) is 0.0381. The summed E-state index contributed by atoms with van der Waals surface area (Å²) in [6.45, 7) is 2.19. The summed E-state index contributed by atoms with van der Waals surface area (Å²) in [6.07, 6.45) is 0.395. The van der Waals surface area contributed by atoms with Crippen LogP contribution in [0.2, 0.25) is 5.02 Å². The summed E-state index contributed by atoms with van der Waals surface area (Å²) in [6, 6.07) is 12.8. The van der Waals surface area contributed by atoms with E-state index in [1.165, 1.54) is 7.11 Å². The van der Waals surface area contributed by atoms with Crippen molar-refractivity contribution >= 4 is 23.5 Å². The molecule has 160 valence electrons. The predicted octanol–water partition coefficient (Wildman–Crippen LogP) is 3.57. The minimum absolute atomic E-state index is 0.200. The predicted molar refractivity (Wildman–Crippen MR) is 117 cm³/mol. The number of nitrogens with one attached hydrogen (secondary N) is 1. The van der Waals surface area contributed by atoms with E-state index in [2.05, 4.69) is 10.4 Å². The van der Waals surface area contributed by atoms with Crippen LogP contribution in [0, 0.1) is 6.92 Å². The van der Waals surface area contributed by atoms with Crippen LogP contribution in [0.5, 0.6) is 5.75 Å². The Kier molecular flexibility index (Phi) is 5.69. The molecule has 1 aliphatic heterocycles. The molecule has 1 amide bonds. The highest BCUT2D eigenvalue weighted by Gasteiger charge is 2.27. The number of amides is 1. The molecule has 0 saturated heterocycles. The third kappa shape index (κ3) is 4.27. The fraction of sp³-hybridized carbons (Fsp3) is 0.261. The summed E-state index contributed by atoms with van der Waals surface area (Å²) >= 11 is 6.49. The molecule has 0 bridgehead atoms. The zero-order valence-corrected chi connectivity index (χ0v) is 18.2. The van der Waals surface area contributed by atoms with Crippen molar-refractivity contribution in [1.82, 2.24) is 15.1 Å². The van der Waals surface area contributed by atoms with Crippen molar-refractivity contribution in [2.75, 3.05) is 13.7 Å². The maximum Gasteiger partial charge on any atom is 0.337 e. The van der Waals surface area contributed by atoms with Gasteiger partial charge in [-0.3, -0.25) is 9.48 Å². The lowest BCUT2D eigenvalue weighted by Gasteiger charge is -2.12. The van der Waals surface area contributed by atoms with Gasteiger partial charge >= 0.3 is 5.97 Å². The van der Waals surface area contributed by atoms with E-state index in [1.807, 2.05) is 25.1 Å². The smallest absolute Gasteiger partial charge is 0.337 e. The molecule has 2 aromatic carbocycles. The van der Waals surface area contributed by atoms with Crippen LogP contribution in [0.3, 0.4) is 0 Å². The Balaban J connectivity index is 1.48. The SMILES string of the molecule is COC(=O)c1cccc(-c2cc(Cl)c3c(c2)C[C@@H](CNC(=O)c2cc(C)nn2C)O3)c1. The van der Waals surface area contributed by atoms with Gasteiger partial charge in [-0.05, 0) is 48.4 Å². The lowest BCUT2D eigenvalue weighted by molar-refractivity contribution is 0.0600. The molecule has 1 aliphatic rings. The molecule has 1 atom stereocenters. The van der Waals surface area contributed by atoms with Crippen molar-refractivity contribution in [2.24, 2.45) is 7.05 Å². The van der Waals surface area contributed by atoms with Gasteiger partial charge in [0.1, 0.15) is 17.5 Å². The Morgan fingerprint density at radius 3 is 2.77 bits per heavy atom. The first-order chi connectivity index (χ1) is 14.9. The molecule has 0 fully saturated rings. The van der Waals surface area contributed by atoms with Crippen molar-refractivity contribution in [3.05, 3.63) is 70.0 Å². The summed E-state index contributed by atoms with van der Waals surface area (Å²) < 4.78 is 12.3. The number of rotatable bonds is 5. The zero-order chi connectivity index (χ0) is 22.1. The number of aromatic nitrogens is 2. The van der Waals surface area contributed by atoms with Crippen molar-refractivity contribution in [2.45, 2.75) is 19.4 Å². The number of esters is 1. The van der Waals surface area contributed by atoms with Crippen LogP contribution < -0.4 is 10.1 Å². The second-order valence-electron chi connectivity index (χ2n) is 7.47. The van der Waals surface area contributed by atoms with Crippen molar-refractivity contribution < 1.29 is 19.1 Å². The highest BCUT2D eigenvalue weighted by atomic mass is 35.5. The van der Waals surface area contributed by atoms with E-state index >= 15 is 0 Å². The normalized spacial score (nSPS) is 14.6. The van der Waals surface area contributed by atoms with Crippen LogP contribution in [0.1, 0.15) is 32.1 Å². The number of hydrogen-bond acceptors (Lipinski definition) is 5. The van der Waals surface area contributed by atoms with Gasteiger partial charge in [0.25, 0.3) is 5.91 Å². The molecule has 31 heavy (non-hydrogen) atoms. The molecule has 2 heterocycles. The highest BCUT2D eigenvalue weighted by Crippen LogP contribution is 2.39. The second kappa shape index (κ2) is 8.43. The molecule has 0 unspecified atom stereocenters. The van der Waals surface area contributed by atoms with Gasteiger partial charge in [-0.2, -0.15) is 5.10 Å². The number of carbonyl (C=O) groups is 2. The van der Waals surface area contributed by atoms with Gasteiger partial charge in [-0.25, -0.2) is 4.79 Å². The first-order valence-electron chi connectivity index (χ1n) is 9.82. The Hall–Kier alpha value is -3.32. The second-order valence-corrected chi connectivity index (χ2v) is 7.87. The van der Waals surface area contributed by atoms with E-state index in [9.17, 15) is 9.59 Å². The highest BCUT2D eigenvalue weighted by molar-refractivity contribution is 6.32. The molecular weight excluding hydrogens is 418 g/mol. The molecule has 4 rings (SSSR count). The van der Waals surface area contributed by atoms with Gasteiger partial charge in [-0.1, -0.05) is 23.7 Å². The van der Waals surface area contributed by atoms with Crippen molar-refractivity contribution in [1.29, 1.82) is 0 Å². The van der Waals surface area contributed by atoms with Gasteiger partial charge in [0.15, 0.2) is 0 Å². The molecule has 1 N–H and O–H groups in total. The van der Waals surface area contributed by atoms with Gasteiger partial charge in [-0.15, -0.1) is 0 Å². The topological polar surface area (TPSA) is 82.5 Å². The van der Waals surface area contributed by atoms with Crippen LogP contribution in [0.25, 0.3) is 11.1 Å². The Morgan fingerprint density at radius 1 is 1.26 bits per heavy atom. The van der Waals surface area contributed by atoms with E-state index in [0.717, 1.165) is 22.4 Å². The maximum absolute atomic E-state index is 12.4. The van der Waals surface area contributed by atoms with Crippen LogP contribution in [0.4, 0.5) is 0 Å². The van der Waals surface area contributed by atoms with Crippen LogP contribution in [-0.2, 0) is 18.2 Å². The number of benzene rings is 2. The number of aryl methyl sites for hydroxylation is 2. The molecule has 8 heteroatoms. The van der Waals surface area contributed by atoms with Crippen LogP contribution in [-0.4, -0.2) is 41.4 Å². The summed E-state index contributed by atoms with van der Waals surface area (Å²) in [4.78, 5) is 24.3. The number of halogens is 1. The first-order valence-corrected chi connectivity index (χ1v) is 10.2. The van der Waals surface area contributed by atoms with Gasteiger partial charge < -0.3 is 14.8 Å². The van der Waals surface area contributed by atoms with E-state index in [1.54, 1.807) is 36.0 Å². The zero-order valence-electron chi connectivity index (χ0n) is 17.4. The number of hydrogen-bond donors (Lipinski definition) is 1.